The van der Waals surface area contributed by atoms with E-state index in [9.17, 15) is 0 Å². The Balaban J connectivity index is 1.87. The van der Waals surface area contributed by atoms with Crippen LogP contribution in [0.2, 0.25) is 4.34 Å². The normalized spacial score (nSPS) is 12.5. The largest absolute Gasteiger partial charge is 0.484 e. The van der Waals surface area contributed by atoms with Gasteiger partial charge in [-0.25, -0.2) is 0 Å². The molecule has 1 heterocycles. The van der Waals surface area contributed by atoms with Gasteiger partial charge in [-0.15, -0.1) is 11.3 Å². The van der Waals surface area contributed by atoms with Crippen LogP contribution in [0.4, 0.5) is 0 Å². The topological polar surface area (TPSA) is 35.2 Å². The molecule has 2 aromatic carbocycles. The van der Waals surface area contributed by atoms with Gasteiger partial charge in [-0.05, 0) is 47.2 Å². The van der Waals surface area contributed by atoms with Crippen LogP contribution in [0.15, 0.2) is 53.0 Å². The molecule has 0 fully saturated rings. The van der Waals surface area contributed by atoms with Crippen molar-refractivity contribution in [2.75, 3.05) is 6.54 Å². The summed E-state index contributed by atoms with van der Waals surface area (Å²) in [5.74, 6) is 0.810. The molecule has 3 aromatic rings. The lowest BCUT2D eigenvalue weighted by atomic mass is 10.1. The number of nitrogens with two attached hydrogens (primary N) is 1. The van der Waals surface area contributed by atoms with Gasteiger partial charge in [0.05, 0.1) is 4.34 Å². The molecule has 0 saturated carbocycles. The number of thiophene rings is 1. The fourth-order valence-electron chi connectivity index (χ4n) is 2.16. The van der Waals surface area contributed by atoms with Gasteiger partial charge in [-0.3, -0.25) is 0 Å². The zero-order valence-corrected chi connectivity index (χ0v) is 14.2. The third kappa shape index (κ3) is 3.40. The summed E-state index contributed by atoms with van der Waals surface area (Å²) in [4.78, 5) is 1.04. The molecule has 2 nitrogen and oxygen atoms in total. The van der Waals surface area contributed by atoms with Crippen LogP contribution in [0.5, 0.6) is 5.75 Å². The van der Waals surface area contributed by atoms with E-state index in [1.807, 2.05) is 36.4 Å². The number of rotatable bonds is 4. The minimum atomic E-state index is -0.171. The van der Waals surface area contributed by atoms with Crippen LogP contribution in [0.3, 0.4) is 0 Å². The second-order valence-electron chi connectivity index (χ2n) is 4.64. The van der Waals surface area contributed by atoms with Crippen molar-refractivity contribution >= 4 is 49.6 Å². The molecule has 0 bridgehead atoms. The van der Waals surface area contributed by atoms with Crippen LogP contribution in [-0.4, -0.2) is 6.54 Å². The van der Waals surface area contributed by atoms with Gasteiger partial charge in [0, 0.05) is 15.9 Å². The highest BCUT2D eigenvalue weighted by atomic mass is 79.9. The Labute approximate surface area is 140 Å². The highest BCUT2D eigenvalue weighted by molar-refractivity contribution is 9.10. The predicted molar refractivity (Wildman–Crippen MR) is 93.4 cm³/mol. The zero-order chi connectivity index (χ0) is 14.8. The van der Waals surface area contributed by atoms with Crippen LogP contribution in [-0.2, 0) is 0 Å². The smallest absolute Gasteiger partial charge is 0.145 e. The van der Waals surface area contributed by atoms with Gasteiger partial charge in [0.2, 0.25) is 0 Å². The number of benzene rings is 2. The molecule has 3 rings (SSSR count). The van der Waals surface area contributed by atoms with Crippen molar-refractivity contribution in [3.05, 3.63) is 62.2 Å². The highest BCUT2D eigenvalue weighted by Crippen LogP contribution is 2.31. The molecule has 2 N–H and O–H groups in total. The lowest BCUT2D eigenvalue weighted by molar-refractivity contribution is 0.218. The number of hydrogen-bond donors (Lipinski definition) is 1. The summed E-state index contributed by atoms with van der Waals surface area (Å²) in [5, 5.41) is 2.30. The maximum Gasteiger partial charge on any atom is 0.145 e. The van der Waals surface area contributed by atoms with Crippen LogP contribution in [0.1, 0.15) is 11.0 Å². The molecule has 0 radical (unpaired) electrons. The minimum absolute atomic E-state index is 0.171. The fraction of sp³-hybridized carbons (Fsp3) is 0.125. The van der Waals surface area contributed by atoms with Crippen LogP contribution in [0.25, 0.3) is 10.8 Å². The first kappa shape index (κ1) is 14.9. The van der Waals surface area contributed by atoms with Gasteiger partial charge >= 0.3 is 0 Å². The second-order valence-corrected chi connectivity index (χ2v) is 7.30. The molecule has 1 aromatic heterocycles. The summed E-state index contributed by atoms with van der Waals surface area (Å²) in [7, 11) is 0. The van der Waals surface area contributed by atoms with Crippen LogP contribution < -0.4 is 10.5 Å². The summed E-state index contributed by atoms with van der Waals surface area (Å²) in [6, 6.07) is 16.0. The number of halogens is 2. The van der Waals surface area contributed by atoms with Crippen molar-refractivity contribution in [3.8, 4) is 5.75 Å². The first-order valence-electron chi connectivity index (χ1n) is 6.47. The average molecular weight is 383 g/mol. The first-order valence-corrected chi connectivity index (χ1v) is 8.46. The molecule has 0 aliphatic heterocycles. The van der Waals surface area contributed by atoms with E-state index < -0.39 is 0 Å². The van der Waals surface area contributed by atoms with E-state index in [0.29, 0.717) is 6.54 Å². The number of fused-ring (bicyclic) bond motifs is 1. The van der Waals surface area contributed by atoms with Gasteiger partial charge in [-0.2, -0.15) is 0 Å². The van der Waals surface area contributed by atoms with E-state index in [1.165, 1.54) is 16.7 Å². The molecule has 5 heteroatoms. The summed E-state index contributed by atoms with van der Waals surface area (Å²) in [5.41, 5.74) is 5.83. The van der Waals surface area contributed by atoms with Crippen molar-refractivity contribution in [3.63, 3.8) is 0 Å². The van der Waals surface area contributed by atoms with E-state index >= 15 is 0 Å². The quantitative estimate of drug-likeness (QED) is 0.656. The fourth-order valence-corrected chi connectivity index (χ4v) is 3.64. The molecule has 0 aliphatic carbocycles. The molecule has 0 aliphatic rings. The van der Waals surface area contributed by atoms with E-state index in [0.717, 1.165) is 24.8 Å². The van der Waals surface area contributed by atoms with Crippen molar-refractivity contribution in [1.82, 2.24) is 0 Å². The first-order chi connectivity index (χ1) is 10.2. The third-order valence-corrected chi connectivity index (χ3v) is 4.99. The lowest BCUT2D eigenvalue weighted by Crippen LogP contribution is -2.17. The Morgan fingerprint density at radius 2 is 1.86 bits per heavy atom. The molecular formula is C16H13BrClNOS. The Hall–Kier alpha value is -1.07. The van der Waals surface area contributed by atoms with E-state index in [2.05, 4.69) is 28.1 Å². The molecule has 0 amide bonds. The Morgan fingerprint density at radius 1 is 1.10 bits per heavy atom. The molecule has 1 unspecified atom stereocenters. The van der Waals surface area contributed by atoms with Gasteiger partial charge in [0.1, 0.15) is 11.9 Å². The predicted octanol–water partition coefficient (Wildman–Crippen LogP) is 5.40. The second kappa shape index (κ2) is 6.36. The SMILES string of the molecule is NCC(Oc1ccc2cc(Br)ccc2c1)c1ccc(Cl)s1. The van der Waals surface area contributed by atoms with Crippen LogP contribution in [0, 0.1) is 0 Å². The van der Waals surface area contributed by atoms with E-state index in [1.54, 1.807) is 0 Å². The summed E-state index contributed by atoms with van der Waals surface area (Å²) < 4.78 is 7.83. The van der Waals surface area contributed by atoms with E-state index in [-0.39, 0.29) is 6.10 Å². The number of ether oxygens (including phenoxy) is 1. The summed E-state index contributed by atoms with van der Waals surface area (Å²) >= 11 is 11.0. The molecular weight excluding hydrogens is 370 g/mol. The van der Waals surface area contributed by atoms with Crippen molar-refractivity contribution in [1.29, 1.82) is 0 Å². The van der Waals surface area contributed by atoms with Gasteiger partial charge in [-0.1, -0.05) is 39.7 Å². The third-order valence-electron chi connectivity index (χ3n) is 3.18. The standard InChI is InChI=1S/C16H13BrClNOS/c17-12-3-1-11-8-13(4-2-10(11)7-12)20-14(9-19)15-5-6-16(18)21-15/h1-8,14H,9,19H2. The van der Waals surface area contributed by atoms with Gasteiger partial charge in [0.15, 0.2) is 0 Å². The van der Waals surface area contributed by atoms with Crippen LogP contribution >= 0.6 is 38.9 Å². The van der Waals surface area contributed by atoms with E-state index in [4.69, 9.17) is 22.1 Å². The zero-order valence-electron chi connectivity index (χ0n) is 11.1. The van der Waals surface area contributed by atoms with Gasteiger partial charge < -0.3 is 10.5 Å². The van der Waals surface area contributed by atoms with Crippen molar-refractivity contribution in [2.24, 2.45) is 5.73 Å². The molecule has 108 valence electrons. The van der Waals surface area contributed by atoms with Crippen molar-refractivity contribution < 1.29 is 4.74 Å². The Bertz CT molecular complexity index is 774. The Kier molecular flexibility index (Phi) is 4.50. The summed E-state index contributed by atoms with van der Waals surface area (Å²) in [6.07, 6.45) is -0.171. The number of hydrogen-bond acceptors (Lipinski definition) is 3. The monoisotopic (exact) mass is 381 g/mol. The average Bonchev–Trinajstić information content (AvgIpc) is 2.91. The minimum Gasteiger partial charge on any atom is -0.484 e. The molecule has 21 heavy (non-hydrogen) atoms. The summed E-state index contributed by atoms with van der Waals surface area (Å²) in [6.45, 7) is 0.412. The molecule has 1 atom stereocenters. The van der Waals surface area contributed by atoms with Crippen molar-refractivity contribution in [2.45, 2.75) is 6.10 Å². The highest BCUT2D eigenvalue weighted by Gasteiger charge is 2.14. The maximum atomic E-state index is 6.02. The van der Waals surface area contributed by atoms with Gasteiger partial charge in [0.25, 0.3) is 0 Å². The maximum absolute atomic E-state index is 6.02. The lowest BCUT2D eigenvalue weighted by Gasteiger charge is -2.16. The Morgan fingerprint density at radius 3 is 2.57 bits per heavy atom. The molecule has 0 saturated heterocycles. The molecule has 0 spiro atoms.